The lowest BCUT2D eigenvalue weighted by atomic mass is 10.2. The van der Waals surface area contributed by atoms with Gasteiger partial charge in [0.25, 0.3) is 0 Å². The van der Waals surface area contributed by atoms with Crippen LogP contribution in [0.2, 0.25) is 0 Å². The second-order valence-electron chi connectivity index (χ2n) is 6.38. The predicted molar refractivity (Wildman–Crippen MR) is 98.4 cm³/mol. The molecule has 0 radical (unpaired) electrons. The molecule has 1 aromatic heterocycles. The zero-order valence-corrected chi connectivity index (χ0v) is 15.2. The number of hydrogen-bond donors (Lipinski definition) is 1. The lowest BCUT2D eigenvalue weighted by molar-refractivity contribution is 0.220. The molecule has 1 heterocycles. The minimum atomic E-state index is -0.116. The summed E-state index contributed by atoms with van der Waals surface area (Å²) in [5.74, 6) is 1.46. The lowest BCUT2D eigenvalue weighted by Gasteiger charge is -2.20. The summed E-state index contributed by atoms with van der Waals surface area (Å²) in [6.07, 6.45) is 6.30. The molecule has 0 saturated heterocycles. The Hall–Kier alpha value is -1.95. The van der Waals surface area contributed by atoms with Crippen LogP contribution in [-0.2, 0) is 6.54 Å². The molecule has 1 unspecified atom stereocenters. The zero-order chi connectivity index (χ0) is 17.1. The van der Waals surface area contributed by atoms with Gasteiger partial charge in [0.2, 0.25) is 0 Å². The van der Waals surface area contributed by atoms with Gasteiger partial charge >= 0.3 is 6.03 Å². The van der Waals surface area contributed by atoms with Gasteiger partial charge in [0.1, 0.15) is 5.82 Å². The standard InChI is InChI=1S/C18H24N4OS/c1-13(15-7-8-15)22-17(9-10-19-22)20-18(23)21(2)12-14-5-4-6-16(11-14)24-3/h4-6,9-11,13,15H,7-8,12H2,1-3H3,(H,20,23). The molecule has 1 N–H and O–H groups in total. The molecule has 1 aliphatic rings. The van der Waals surface area contributed by atoms with Crippen molar-refractivity contribution in [1.29, 1.82) is 0 Å². The van der Waals surface area contributed by atoms with Crippen LogP contribution in [0.3, 0.4) is 0 Å². The smallest absolute Gasteiger partial charge is 0.323 e. The third kappa shape index (κ3) is 3.93. The Labute approximate surface area is 147 Å². The van der Waals surface area contributed by atoms with E-state index in [0.717, 1.165) is 11.4 Å². The zero-order valence-electron chi connectivity index (χ0n) is 14.4. The highest BCUT2D eigenvalue weighted by Gasteiger charge is 2.30. The van der Waals surface area contributed by atoms with Crippen molar-refractivity contribution >= 4 is 23.6 Å². The number of hydrogen-bond acceptors (Lipinski definition) is 3. The Balaban J connectivity index is 1.63. The van der Waals surface area contributed by atoms with Gasteiger partial charge in [-0.1, -0.05) is 12.1 Å². The lowest BCUT2D eigenvalue weighted by Crippen LogP contribution is -2.32. The largest absolute Gasteiger partial charge is 0.323 e. The Morgan fingerprint density at radius 2 is 2.25 bits per heavy atom. The molecule has 3 rings (SSSR count). The molecule has 0 bridgehead atoms. The molecule has 5 nitrogen and oxygen atoms in total. The molecule has 128 valence electrons. The van der Waals surface area contributed by atoms with Gasteiger partial charge in [-0.25, -0.2) is 9.48 Å². The molecule has 0 aliphatic heterocycles. The highest BCUT2D eigenvalue weighted by Crippen LogP contribution is 2.40. The molecular weight excluding hydrogens is 320 g/mol. The van der Waals surface area contributed by atoms with Crippen LogP contribution in [-0.4, -0.2) is 34.0 Å². The number of carbonyl (C=O) groups is 1. The number of anilines is 1. The van der Waals surface area contributed by atoms with Gasteiger partial charge in [0.15, 0.2) is 0 Å². The van der Waals surface area contributed by atoms with Crippen molar-refractivity contribution in [1.82, 2.24) is 14.7 Å². The first-order chi connectivity index (χ1) is 11.6. The molecule has 1 aromatic carbocycles. The third-order valence-corrected chi connectivity index (χ3v) is 5.22. The number of urea groups is 1. The Morgan fingerprint density at radius 1 is 1.46 bits per heavy atom. The topological polar surface area (TPSA) is 50.2 Å². The molecule has 1 atom stereocenters. The molecule has 2 amide bonds. The van der Waals surface area contributed by atoms with Gasteiger partial charge in [-0.2, -0.15) is 5.10 Å². The van der Waals surface area contributed by atoms with Crippen LogP contribution in [0.15, 0.2) is 41.4 Å². The molecule has 24 heavy (non-hydrogen) atoms. The van der Waals surface area contributed by atoms with E-state index in [4.69, 9.17) is 0 Å². The van der Waals surface area contributed by atoms with E-state index in [1.165, 1.54) is 17.7 Å². The molecule has 1 fully saturated rings. The van der Waals surface area contributed by atoms with Crippen molar-refractivity contribution < 1.29 is 4.79 Å². The van der Waals surface area contributed by atoms with Gasteiger partial charge in [-0.05, 0) is 49.6 Å². The van der Waals surface area contributed by atoms with Crippen LogP contribution in [0.4, 0.5) is 10.6 Å². The maximum atomic E-state index is 12.5. The first kappa shape index (κ1) is 16.9. The summed E-state index contributed by atoms with van der Waals surface area (Å²) in [6.45, 7) is 2.74. The van der Waals surface area contributed by atoms with E-state index in [9.17, 15) is 4.79 Å². The number of benzene rings is 1. The minimum Gasteiger partial charge on any atom is -0.323 e. The van der Waals surface area contributed by atoms with Crippen LogP contribution in [0.5, 0.6) is 0 Å². The highest BCUT2D eigenvalue weighted by atomic mass is 32.2. The SMILES string of the molecule is CSc1cccc(CN(C)C(=O)Nc2ccnn2C(C)C2CC2)c1. The van der Waals surface area contributed by atoms with Gasteiger partial charge in [-0.15, -0.1) is 11.8 Å². The summed E-state index contributed by atoms with van der Waals surface area (Å²) in [5.41, 5.74) is 1.12. The molecule has 1 saturated carbocycles. The highest BCUT2D eigenvalue weighted by molar-refractivity contribution is 7.98. The summed E-state index contributed by atoms with van der Waals surface area (Å²) in [4.78, 5) is 15.4. The number of rotatable bonds is 6. The number of amides is 2. The minimum absolute atomic E-state index is 0.116. The Kier molecular flexibility index (Phi) is 5.14. The summed E-state index contributed by atoms with van der Waals surface area (Å²) < 4.78 is 1.93. The Morgan fingerprint density at radius 3 is 2.96 bits per heavy atom. The van der Waals surface area contributed by atoms with E-state index in [-0.39, 0.29) is 6.03 Å². The van der Waals surface area contributed by atoms with E-state index < -0.39 is 0 Å². The number of aromatic nitrogens is 2. The summed E-state index contributed by atoms with van der Waals surface area (Å²) in [5, 5.41) is 7.36. The first-order valence-corrected chi connectivity index (χ1v) is 9.49. The quantitative estimate of drug-likeness (QED) is 0.798. The fraction of sp³-hybridized carbons (Fsp3) is 0.444. The van der Waals surface area contributed by atoms with Gasteiger partial charge < -0.3 is 4.90 Å². The van der Waals surface area contributed by atoms with Gasteiger partial charge in [0, 0.05) is 24.6 Å². The Bertz CT molecular complexity index is 711. The summed E-state index contributed by atoms with van der Waals surface area (Å²) in [7, 11) is 1.81. The number of nitrogens with zero attached hydrogens (tertiary/aromatic N) is 3. The van der Waals surface area contributed by atoms with E-state index >= 15 is 0 Å². The van der Waals surface area contributed by atoms with Crippen molar-refractivity contribution in [2.75, 3.05) is 18.6 Å². The third-order valence-electron chi connectivity index (χ3n) is 4.50. The van der Waals surface area contributed by atoms with Gasteiger partial charge in [0.05, 0.1) is 12.2 Å². The predicted octanol–water partition coefficient (Wildman–Crippen LogP) is 4.24. The van der Waals surface area contributed by atoms with Crippen LogP contribution in [0, 0.1) is 5.92 Å². The van der Waals surface area contributed by atoms with Crippen molar-refractivity contribution in [2.45, 2.75) is 37.2 Å². The van der Waals surface area contributed by atoms with Crippen LogP contribution >= 0.6 is 11.8 Å². The first-order valence-electron chi connectivity index (χ1n) is 8.27. The number of thioether (sulfide) groups is 1. The van der Waals surface area contributed by atoms with Crippen molar-refractivity contribution in [3.8, 4) is 0 Å². The monoisotopic (exact) mass is 344 g/mol. The van der Waals surface area contributed by atoms with Gasteiger partial charge in [-0.3, -0.25) is 5.32 Å². The normalized spacial score (nSPS) is 15.1. The van der Waals surface area contributed by atoms with Crippen molar-refractivity contribution in [2.24, 2.45) is 5.92 Å². The fourth-order valence-electron chi connectivity index (χ4n) is 2.84. The second kappa shape index (κ2) is 7.30. The van der Waals surface area contributed by atoms with Crippen LogP contribution in [0.25, 0.3) is 0 Å². The second-order valence-corrected chi connectivity index (χ2v) is 7.26. The van der Waals surface area contributed by atoms with E-state index in [0.29, 0.717) is 18.5 Å². The summed E-state index contributed by atoms with van der Waals surface area (Å²) >= 11 is 1.71. The van der Waals surface area contributed by atoms with Crippen molar-refractivity contribution in [3.63, 3.8) is 0 Å². The maximum Gasteiger partial charge on any atom is 0.323 e. The van der Waals surface area contributed by atoms with E-state index in [1.807, 2.05) is 29.9 Å². The van der Waals surface area contributed by atoms with E-state index in [1.54, 1.807) is 22.9 Å². The maximum absolute atomic E-state index is 12.5. The number of carbonyl (C=O) groups excluding carboxylic acids is 1. The molecular formula is C18H24N4OS. The average Bonchev–Trinajstić information content (AvgIpc) is 3.34. The fourth-order valence-corrected chi connectivity index (χ4v) is 3.32. The van der Waals surface area contributed by atoms with Crippen LogP contribution in [0.1, 0.15) is 31.4 Å². The molecule has 2 aromatic rings. The molecule has 1 aliphatic carbocycles. The summed E-state index contributed by atoms with van der Waals surface area (Å²) in [6, 6.07) is 10.3. The molecule has 6 heteroatoms. The van der Waals surface area contributed by atoms with Crippen molar-refractivity contribution in [3.05, 3.63) is 42.1 Å². The molecule has 0 spiro atoms. The number of nitrogens with one attached hydrogen (secondary N) is 1. The average molecular weight is 344 g/mol. The van der Waals surface area contributed by atoms with Crippen LogP contribution < -0.4 is 5.32 Å². The van der Waals surface area contributed by atoms with E-state index in [2.05, 4.69) is 35.7 Å².